The Bertz CT molecular complexity index is 655. The van der Waals surface area contributed by atoms with Crippen molar-refractivity contribution >= 4 is 17.3 Å². The number of para-hydroxylation sites is 3. The molecule has 108 valence electrons. The maximum absolute atomic E-state index is 12.7. The van der Waals surface area contributed by atoms with Crippen LogP contribution in [-0.2, 0) is 11.2 Å². The molecule has 3 rings (SSSR count). The molecule has 0 radical (unpaired) electrons. The number of carbonyl (C=O) groups excluding carboxylic acids is 1. The van der Waals surface area contributed by atoms with E-state index in [0.717, 1.165) is 23.4 Å². The van der Waals surface area contributed by atoms with Crippen LogP contribution in [0.3, 0.4) is 0 Å². The van der Waals surface area contributed by atoms with Gasteiger partial charge in [-0.05, 0) is 30.2 Å². The van der Waals surface area contributed by atoms with E-state index in [2.05, 4.69) is 0 Å². The largest absolute Gasteiger partial charge is 0.491 e. The summed E-state index contributed by atoms with van der Waals surface area (Å²) in [5.41, 5.74) is 8.29. The predicted molar refractivity (Wildman–Crippen MR) is 83.5 cm³/mol. The van der Waals surface area contributed by atoms with E-state index in [-0.39, 0.29) is 5.91 Å². The normalized spacial score (nSPS) is 14.0. The topological polar surface area (TPSA) is 55.6 Å². The predicted octanol–water partition coefficient (Wildman–Crippen LogP) is 2.63. The minimum absolute atomic E-state index is 0.0471. The molecule has 0 atom stereocenters. The van der Waals surface area contributed by atoms with Gasteiger partial charge < -0.3 is 15.4 Å². The summed E-state index contributed by atoms with van der Waals surface area (Å²) in [6, 6.07) is 15.2. The Morgan fingerprint density at radius 3 is 2.76 bits per heavy atom. The highest BCUT2D eigenvalue weighted by Gasteiger charge is 2.22. The van der Waals surface area contributed by atoms with Gasteiger partial charge in [-0.15, -0.1) is 0 Å². The third-order valence-corrected chi connectivity index (χ3v) is 3.64. The van der Waals surface area contributed by atoms with Gasteiger partial charge in [0, 0.05) is 12.2 Å². The van der Waals surface area contributed by atoms with Gasteiger partial charge in [-0.1, -0.05) is 30.3 Å². The van der Waals surface area contributed by atoms with Crippen molar-refractivity contribution in [3.8, 4) is 5.75 Å². The van der Waals surface area contributed by atoms with E-state index in [1.165, 1.54) is 0 Å². The molecule has 2 N–H and O–H groups in total. The second-order valence-electron chi connectivity index (χ2n) is 5.09. The Balaban J connectivity index is 1.86. The smallest absolute Gasteiger partial charge is 0.231 e. The lowest BCUT2D eigenvalue weighted by Gasteiger charge is -2.22. The molecule has 1 aliphatic heterocycles. The number of benzene rings is 2. The molecule has 1 amide bonds. The Kier molecular flexibility index (Phi) is 3.77. The number of ether oxygens (including phenoxy) is 1. The van der Waals surface area contributed by atoms with Gasteiger partial charge in [0.15, 0.2) is 0 Å². The molecule has 0 saturated heterocycles. The minimum atomic E-state index is 0.0471. The van der Waals surface area contributed by atoms with Crippen molar-refractivity contribution in [1.29, 1.82) is 0 Å². The Hall–Kier alpha value is -2.49. The summed E-state index contributed by atoms with van der Waals surface area (Å²) >= 11 is 0. The van der Waals surface area contributed by atoms with Crippen LogP contribution in [0.15, 0.2) is 48.5 Å². The molecule has 0 saturated carbocycles. The van der Waals surface area contributed by atoms with Crippen molar-refractivity contribution in [2.45, 2.75) is 12.8 Å². The van der Waals surface area contributed by atoms with Crippen molar-refractivity contribution in [3.05, 3.63) is 54.1 Å². The number of anilines is 2. The Morgan fingerprint density at radius 2 is 1.90 bits per heavy atom. The number of amides is 1. The van der Waals surface area contributed by atoms with Gasteiger partial charge in [0.2, 0.25) is 5.91 Å². The zero-order valence-electron chi connectivity index (χ0n) is 11.8. The van der Waals surface area contributed by atoms with Crippen LogP contribution in [0.5, 0.6) is 5.75 Å². The van der Waals surface area contributed by atoms with Crippen molar-refractivity contribution in [1.82, 2.24) is 0 Å². The first-order valence-corrected chi connectivity index (χ1v) is 7.11. The van der Waals surface area contributed by atoms with Gasteiger partial charge >= 0.3 is 0 Å². The van der Waals surface area contributed by atoms with E-state index in [9.17, 15) is 4.79 Å². The van der Waals surface area contributed by atoms with Crippen LogP contribution in [0.4, 0.5) is 11.4 Å². The Morgan fingerprint density at radius 1 is 1.14 bits per heavy atom. The van der Waals surface area contributed by atoms with Crippen molar-refractivity contribution in [2.75, 3.05) is 23.8 Å². The van der Waals surface area contributed by atoms with E-state index >= 15 is 0 Å². The zero-order valence-corrected chi connectivity index (χ0v) is 11.8. The molecular weight excluding hydrogens is 264 g/mol. The van der Waals surface area contributed by atoms with Crippen molar-refractivity contribution < 1.29 is 9.53 Å². The van der Waals surface area contributed by atoms with Gasteiger partial charge in [-0.25, -0.2) is 0 Å². The van der Waals surface area contributed by atoms with Crippen LogP contribution in [0.1, 0.15) is 12.0 Å². The second-order valence-corrected chi connectivity index (χ2v) is 5.09. The van der Waals surface area contributed by atoms with Gasteiger partial charge in [0.05, 0.1) is 18.7 Å². The van der Waals surface area contributed by atoms with Gasteiger partial charge in [-0.3, -0.25) is 4.79 Å². The standard InChI is InChI=1S/C17H18N2O2/c18-14-7-2-1-6-13(14)12-17(20)19-10-5-11-21-16-9-4-3-8-15(16)19/h1-4,6-9H,5,10-12,18H2. The summed E-state index contributed by atoms with van der Waals surface area (Å²) in [5.74, 6) is 0.815. The second kappa shape index (κ2) is 5.87. The number of carbonyl (C=O) groups is 1. The molecule has 0 spiro atoms. The fourth-order valence-corrected chi connectivity index (χ4v) is 2.54. The van der Waals surface area contributed by atoms with E-state index in [1.807, 2.05) is 48.5 Å². The summed E-state index contributed by atoms with van der Waals surface area (Å²) < 4.78 is 5.68. The molecule has 0 aliphatic carbocycles. The summed E-state index contributed by atoms with van der Waals surface area (Å²) in [5, 5.41) is 0. The highest BCUT2D eigenvalue weighted by Crippen LogP contribution is 2.31. The number of rotatable bonds is 2. The fraction of sp³-hybridized carbons (Fsp3) is 0.235. The molecule has 1 aliphatic rings. The molecule has 4 nitrogen and oxygen atoms in total. The first-order chi connectivity index (χ1) is 10.3. The van der Waals surface area contributed by atoms with E-state index in [1.54, 1.807) is 4.90 Å². The van der Waals surface area contributed by atoms with Crippen molar-refractivity contribution in [3.63, 3.8) is 0 Å². The monoisotopic (exact) mass is 282 g/mol. The summed E-state index contributed by atoms with van der Waals surface area (Å²) in [6.07, 6.45) is 1.13. The quantitative estimate of drug-likeness (QED) is 0.861. The summed E-state index contributed by atoms with van der Waals surface area (Å²) in [6.45, 7) is 1.30. The molecule has 21 heavy (non-hydrogen) atoms. The highest BCUT2D eigenvalue weighted by atomic mass is 16.5. The molecular formula is C17H18N2O2. The average molecular weight is 282 g/mol. The maximum atomic E-state index is 12.7. The maximum Gasteiger partial charge on any atom is 0.231 e. The summed E-state index contributed by atoms with van der Waals surface area (Å²) in [4.78, 5) is 14.5. The number of nitrogen functional groups attached to an aromatic ring is 1. The van der Waals surface area contributed by atoms with Crippen LogP contribution < -0.4 is 15.4 Å². The van der Waals surface area contributed by atoms with E-state index in [0.29, 0.717) is 25.3 Å². The highest BCUT2D eigenvalue weighted by molar-refractivity contribution is 5.96. The number of fused-ring (bicyclic) bond motifs is 1. The minimum Gasteiger partial charge on any atom is -0.491 e. The average Bonchev–Trinajstić information content (AvgIpc) is 2.72. The number of hydrogen-bond donors (Lipinski definition) is 1. The lowest BCUT2D eigenvalue weighted by atomic mass is 10.1. The van der Waals surface area contributed by atoms with Crippen LogP contribution in [0.25, 0.3) is 0 Å². The van der Waals surface area contributed by atoms with Crippen LogP contribution in [-0.4, -0.2) is 19.1 Å². The fourth-order valence-electron chi connectivity index (χ4n) is 2.54. The number of nitrogens with zero attached hydrogens (tertiary/aromatic N) is 1. The molecule has 4 heteroatoms. The first-order valence-electron chi connectivity index (χ1n) is 7.11. The van der Waals surface area contributed by atoms with Gasteiger partial charge in [0.1, 0.15) is 5.75 Å². The lowest BCUT2D eigenvalue weighted by molar-refractivity contribution is -0.118. The van der Waals surface area contributed by atoms with E-state index < -0.39 is 0 Å². The number of nitrogens with two attached hydrogens (primary N) is 1. The molecule has 0 unspecified atom stereocenters. The van der Waals surface area contributed by atoms with Crippen LogP contribution >= 0.6 is 0 Å². The molecule has 1 heterocycles. The third-order valence-electron chi connectivity index (χ3n) is 3.64. The molecule has 2 aromatic rings. The van der Waals surface area contributed by atoms with Crippen LogP contribution in [0, 0.1) is 0 Å². The molecule has 0 bridgehead atoms. The molecule has 2 aromatic carbocycles. The Labute approximate surface area is 124 Å². The van der Waals surface area contributed by atoms with E-state index in [4.69, 9.17) is 10.5 Å². The lowest BCUT2D eigenvalue weighted by Crippen LogP contribution is -2.33. The van der Waals surface area contributed by atoms with Crippen molar-refractivity contribution in [2.24, 2.45) is 0 Å². The third kappa shape index (κ3) is 2.84. The van der Waals surface area contributed by atoms with Gasteiger partial charge in [0.25, 0.3) is 0 Å². The summed E-state index contributed by atoms with van der Waals surface area (Å²) in [7, 11) is 0. The van der Waals surface area contributed by atoms with Crippen LogP contribution in [0.2, 0.25) is 0 Å². The first kappa shape index (κ1) is 13.5. The number of hydrogen-bond acceptors (Lipinski definition) is 3. The van der Waals surface area contributed by atoms with Gasteiger partial charge in [-0.2, -0.15) is 0 Å². The SMILES string of the molecule is Nc1ccccc1CC(=O)N1CCCOc2ccccc21. The molecule has 0 fully saturated rings. The zero-order chi connectivity index (χ0) is 14.7. The molecule has 0 aromatic heterocycles.